The third-order valence-electron chi connectivity index (χ3n) is 4.83. The number of carbonyl (C=O) groups is 3. The van der Waals surface area contributed by atoms with Crippen LogP contribution in [0.25, 0.3) is 0 Å². The van der Waals surface area contributed by atoms with Crippen LogP contribution < -0.4 is 10.1 Å². The topological polar surface area (TPSA) is 97.3 Å². The van der Waals surface area contributed by atoms with E-state index < -0.39 is 18.5 Å². The van der Waals surface area contributed by atoms with Crippen molar-refractivity contribution in [1.82, 2.24) is 10.3 Å². The zero-order valence-corrected chi connectivity index (χ0v) is 17.5. The number of nitrogens with zero attached hydrogens (tertiary/aromatic N) is 2. The highest BCUT2D eigenvalue weighted by atomic mass is 16.5. The van der Waals surface area contributed by atoms with Crippen molar-refractivity contribution in [3.8, 4) is 5.75 Å². The highest BCUT2D eigenvalue weighted by Gasteiger charge is 2.33. The summed E-state index contributed by atoms with van der Waals surface area (Å²) in [6, 6.07) is 16.8. The van der Waals surface area contributed by atoms with Gasteiger partial charge in [-0.3, -0.25) is 14.4 Å². The molecule has 1 N–H and O–H groups in total. The van der Waals surface area contributed by atoms with Crippen molar-refractivity contribution >= 4 is 23.5 Å². The monoisotopic (exact) mass is 423 g/mol. The van der Waals surface area contributed by atoms with Gasteiger partial charge < -0.3 is 14.8 Å². The minimum atomic E-state index is -0.561. The Morgan fingerprint density at radius 2 is 1.81 bits per heavy atom. The lowest BCUT2D eigenvalue weighted by Crippen LogP contribution is -2.32. The van der Waals surface area contributed by atoms with Crippen molar-refractivity contribution in [1.29, 1.82) is 0 Å². The number of hydrazone groups is 1. The number of carbonyl (C=O) groups excluding carboxylic acids is 3. The third-order valence-corrected chi connectivity index (χ3v) is 4.83. The number of rotatable bonds is 8. The fraction of sp³-hybridized carbons (Fsp3) is 0.304. The van der Waals surface area contributed by atoms with Crippen molar-refractivity contribution in [3.05, 3.63) is 65.7 Å². The van der Waals surface area contributed by atoms with Gasteiger partial charge in [-0.05, 0) is 23.3 Å². The van der Waals surface area contributed by atoms with Gasteiger partial charge in [-0.15, -0.1) is 0 Å². The van der Waals surface area contributed by atoms with E-state index in [0.29, 0.717) is 6.42 Å². The average Bonchev–Trinajstić information content (AvgIpc) is 3.23. The molecule has 8 heteroatoms. The van der Waals surface area contributed by atoms with Crippen LogP contribution in [-0.2, 0) is 19.1 Å². The van der Waals surface area contributed by atoms with E-state index in [0.717, 1.165) is 22.6 Å². The SMILES string of the molecule is COc1ccc([C@@H]2CC(c3ccccc3)=NN2C(=O)COC(=O)CCNC(C)=O)cc1. The van der Waals surface area contributed by atoms with Crippen LogP contribution in [0.3, 0.4) is 0 Å². The molecule has 2 aromatic carbocycles. The molecule has 0 spiro atoms. The van der Waals surface area contributed by atoms with Crippen LogP contribution in [0.4, 0.5) is 0 Å². The Kier molecular flexibility index (Phi) is 7.37. The zero-order chi connectivity index (χ0) is 22.2. The predicted octanol–water partition coefficient (Wildman–Crippen LogP) is 2.44. The number of nitrogens with one attached hydrogen (secondary N) is 1. The fourth-order valence-corrected chi connectivity index (χ4v) is 3.25. The summed E-state index contributed by atoms with van der Waals surface area (Å²) in [6.07, 6.45) is 0.534. The van der Waals surface area contributed by atoms with Crippen molar-refractivity contribution in [2.45, 2.75) is 25.8 Å². The van der Waals surface area contributed by atoms with E-state index >= 15 is 0 Å². The van der Waals surface area contributed by atoms with Gasteiger partial charge >= 0.3 is 5.97 Å². The van der Waals surface area contributed by atoms with Gasteiger partial charge in [0, 0.05) is 19.9 Å². The Bertz CT molecular complexity index is 957. The molecule has 0 saturated heterocycles. The molecule has 8 nitrogen and oxygen atoms in total. The molecular weight excluding hydrogens is 398 g/mol. The molecule has 1 aliphatic rings. The van der Waals surface area contributed by atoms with Gasteiger partial charge in [-0.1, -0.05) is 42.5 Å². The van der Waals surface area contributed by atoms with E-state index in [2.05, 4.69) is 10.4 Å². The molecule has 0 bridgehead atoms. The van der Waals surface area contributed by atoms with E-state index in [1.54, 1.807) is 7.11 Å². The summed E-state index contributed by atoms with van der Waals surface area (Å²) in [6.45, 7) is 1.11. The fourth-order valence-electron chi connectivity index (χ4n) is 3.25. The first-order chi connectivity index (χ1) is 15.0. The average molecular weight is 423 g/mol. The molecule has 0 aromatic heterocycles. The molecule has 0 radical (unpaired) electrons. The molecule has 1 atom stereocenters. The summed E-state index contributed by atoms with van der Waals surface area (Å²) >= 11 is 0. The number of esters is 1. The first-order valence-corrected chi connectivity index (χ1v) is 9.97. The lowest BCUT2D eigenvalue weighted by atomic mass is 9.98. The minimum Gasteiger partial charge on any atom is -0.497 e. The summed E-state index contributed by atoms with van der Waals surface area (Å²) in [4.78, 5) is 35.6. The van der Waals surface area contributed by atoms with Crippen LogP contribution in [0, 0.1) is 0 Å². The second-order valence-electron chi connectivity index (χ2n) is 7.04. The normalized spacial score (nSPS) is 15.2. The molecule has 31 heavy (non-hydrogen) atoms. The third kappa shape index (κ3) is 5.91. The van der Waals surface area contributed by atoms with Gasteiger partial charge in [0.2, 0.25) is 5.91 Å². The van der Waals surface area contributed by atoms with Crippen molar-refractivity contribution in [2.24, 2.45) is 5.10 Å². The highest BCUT2D eigenvalue weighted by Crippen LogP contribution is 2.33. The molecule has 1 aliphatic heterocycles. The lowest BCUT2D eigenvalue weighted by Gasteiger charge is -2.22. The second kappa shape index (κ2) is 10.4. The Morgan fingerprint density at radius 3 is 2.45 bits per heavy atom. The van der Waals surface area contributed by atoms with Crippen LogP contribution in [-0.4, -0.2) is 48.8 Å². The molecule has 162 valence electrons. The van der Waals surface area contributed by atoms with E-state index in [4.69, 9.17) is 9.47 Å². The van der Waals surface area contributed by atoms with Gasteiger partial charge in [0.25, 0.3) is 5.91 Å². The maximum atomic E-state index is 12.9. The van der Waals surface area contributed by atoms with Crippen molar-refractivity contribution < 1.29 is 23.9 Å². The van der Waals surface area contributed by atoms with Crippen molar-refractivity contribution in [3.63, 3.8) is 0 Å². The van der Waals surface area contributed by atoms with Crippen LogP contribution in [0.15, 0.2) is 59.7 Å². The van der Waals surface area contributed by atoms with Gasteiger partial charge in [0.05, 0.1) is 25.3 Å². The molecule has 0 aliphatic carbocycles. The number of ether oxygens (including phenoxy) is 2. The molecule has 0 fully saturated rings. The van der Waals surface area contributed by atoms with Crippen LogP contribution >= 0.6 is 0 Å². The number of benzene rings is 2. The van der Waals surface area contributed by atoms with E-state index in [1.807, 2.05) is 54.6 Å². The Morgan fingerprint density at radius 1 is 1.10 bits per heavy atom. The summed E-state index contributed by atoms with van der Waals surface area (Å²) in [5, 5.41) is 8.44. The number of hydrogen-bond acceptors (Lipinski definition) is 6. The molecule has 0 saturated carbocycles. The Balaban J connectivity index is 1.72. The quantitative estimate of drug-likeness (QED) is 0.658. The maximum Gasteiger partial charge on any atom is 0.308 e. The summed E-state index contributed by atoms with van der Waals surface area (Å²) in [5.74, 6) is -0.489. The second-order valence-corrected chi connectivity index (χ2v) is 7.04. The van der Waals surface area contributed by atoms with E-state index in [1.165, 1.54) is 11.9 Å². The smallest absolute Gasteiger partial charge is 0.308 e. The number of methoxy groups -OCH3 is 1. The van der Waals surface area contributed by atoms with E-state index in [9.17, 15) is 14.4 Å². The van der Waals surface area contributed by atoms with Gasteiger partial charge in [-0.2, -0.15) is 5.10 Å². The lowest BCUT2D eigenvalue weighted by molar-refractivity contribution is -0.152. The molecular formula is C23H25N3O5. The van der Waals surface area contributed by atoms with Crippen LogP contribution in [0.5, 0.6) is 5.75 Å². The first-order valence-electron chi connectivity index (χ1n) is 9.97. The zero-order valence-electron chi connectivity index (χ0n) is 17.5. The molecule has 3 rings (SSSR count). The first kappa shape index (κ1) is 22.0. The minimum absolute atomic E-state index is 0.00665. The number of amides is 2. The van der Waals surface area contributed by atoms with Crippen LogP contribution in [0.2, 0.25) is 0 Å². The Hall–Kier alpha value is -3.68. The predicted molar refractivity (Wildman–Crippen MR) is 114 cm³/mol. The Labute approximate surface area is 180 Å². The molecule has 1 heterocycles. The van der Waals surface area contributed by atoms with Gasteiger partial charge in [0.15, 0.2) is 6.61 Å². The molecule has 2 aromatic rings. The molecule has 2 amide bonds. The van der Waals surface area contributed by atoms with Gasteiger partial charge in [0.1, 0.15) is 5.75 Å². The maximum absolute atomic E-state index is 12.9. The summed E-state index contributed by atoms with van der Waals surface area (Å²) in [7, 11) is 1.59. The standard InChI is InChI=1S/C23H25N3O5/c1-16(27)24-13-12-23(29)31-15-22(28)26-21(18-8-10-19(30-2)11-9-18)14-20(25-26)17-6-4-3-5-7-17/h3-11,21H,12-15H2,1-2H3,(H,24,27)/t21-/m0/s1. The molecule has 0 unspecified atom stereocenters. The summed E-state index contributed by atoms with van der Waals surface area (Å²) < 4.78 is 10.3. The number of hydrogen-bond donors (Lipinski definition) is 1. The highest BCUT2D eigenvalue weighted by molar-refractivity contribution is 6.03. The van der Waals surface area contributed by atoms with Crippen LogP contribution in [0.1, 0.15) is 36.9 Å². The van der Waals surface area contributed by atoms with E-state index in [-0.39, 0.29) is 24.9 Å². The largest absolute Gasteiger partial charge is 0.497 e. The van der Waals surface area contributed by atoms with Crippen molar-refractivity contribution in [2.75, 3.05) is 20.3 Å². The summed E-state index contributed by atoms with van der Waals surface area (Å²) in [5.41, 5.74) is 2.62. The van der Waals surface area contributed by atoms with Gasteiger partial charge in [-0.25, -0.2) is 5.01 Å².